The molecule has 1 N–H and O–H groups in total. The number of nitrogens with one attached hydrogen (secondary N) is 1. The lowest BCUT2D eigenvalue weighted by atomic mass is 10.2. The molecular formula is C16H12Cl2N2O5. The normalized spacial score (nSPS) is 10.2. The number of hydrogen-bond acceptors (Lipinski definition) is 5. The quantitative estimate of drug-likeness (QED) is 0.478. The number of benzene rings is 2. The molecule has 0 fully saturated rings. The maximum atomic E-state index is 11.9. The van der Waals surface area contributed by atoms with Crippen molar-refractivity contribution < 1.29 is 19.2 Å². The minimum atomic E-state index is -0.789. The fourth-order valence-corrected chi connectivity index (χ4v) is 2.32. The van der Waals surface area contributed by atoms with E-state index in [-0.39, 0.29) is 16.3 Å². The molecular weight excluding hydrogens is 371 g/mol. The topological polar surface area (TPSA) is 98.5 Å². The second kappa shape index (κ2) is 7.96. The molecule has 2 rings (SSSR count). The first-order chi connectivity index (χ1) is 11.8. The number of esters is 1. The number of carbonyl (C=O) groups is 2. The van der Waals surface area contributed by atoms with Gasteiger partial charge in [-0.25, -0.2) is 4.79 Å². The maximum absolute atomic E-state index is 11.9. The van der Waals surface area contributed by atoms with Crippen LogP contribution in [0.2, 0.25) is 10.0 Å². The maximum Gasteiger partial charge on any atom is 0.340 e. The summed E-state index contributed by atoms with van der Waals surface area (Å²) in [6.45, 7) is 1.07. The summed E-state index contributed by atoms with van der Waals surface area (Å²) in [5.74, 6) is -1.38. The Hall–Kier alpha value is -2.64. The molecule has 0 spiro atoms. The average Bonchev–Trinajstić information content (AvgIpc) is 2.56. The van der Waals surface area contributed by atoms with Crippen molar-refractivity contribution in [3.8, 4) is 0 Å². The minimum Gasteiger partial charge on any atom is -0.452 e. The van der Waals surface area contributed by atoms with E-state index < -0.39 is 23.4 Å². The number of nitro benzene ring substituents is 1. The molecule has 9 heteroatoms. The molecule has 0 aliphatic carbocycles. The van der Waals surface area contributed by atoms with E-state index in [1.165, 1.54) is 36.4 Å². The number of halogens is 2. The highest BCUT2D eigenvalue weighted by atomic mass is 35.5. The molecule has 2 aromatic rings. The Balaban J connectivity index is 1.98. The number of aryl methyl sites for hydroxylation is 1. The van der Waals surface area contributed by atoms with Crippen molar-refractivity contribution >= 4 is 46.5 Å². The molecule has 0 saturated carbocycles. The van der Waals surface area contributed by atoms with Gasteiger partial charge in [0.1, 0.15) is 0 Å². The van der Waals surface area contributed by atoms with E-state index >= 15 is 0 Å². The van der Waals surface area contributed by atoms with Crippen LogP contribution in [0.15, 0.2) is 36.4 Å². The number of carbonyl (C=O) groups excluding carboxylic acids is 2. The fraction of sp³-hybridized carbons (Fsp3) is 0.125. The standard InChI is InChI=1S/C16H12Cl2N2O5/c1-9-6-11(20(23)24)3-5-14(9)19-15(21)8-25-16(22)12-7-10(17)2-4-13(12)18/h2-7H,8H2,1H3,(H,19,21). The van der Waals surface area contributed by atoms with E-state index in [9.17, 15) is 19.7 Å². The Bertz CT molecular complexity index is 854. The molecule has 0 aromatic heterocycles. The Morgan fingerprint density at radius 1 is 1.20 bits per heavy atom. The van der Waals surface area contributed by atoms with Gasteiger partial charge in [0.05, 0.1) is 15.5 Å². The predicted molar refractivity (Wildman–Crippen MR) is 93.2 cm³/mol. The molecule has 0 aliphatic rings. The molecule has 0 aliphatic heterocycles. The van der Waals surface area contributed by atoms with Crippen molar-refractivity contribution in [2.75, 3.05) is 11.9 Å². The number of amides is 1. The van der Waals surface area contributed by atoms with E-state index in [0.717, 1.165) is 0 Å². The van der Waals surface area contributed by atoms with Gasteiger partial charge in [-0.15, -0.1) is 0 Å². The SMILES string of the molecule is Cc1cc([N+](=O)[O-])ccc1NC(=O)COC(=O)c1cc(Cl)ccc1Cl. The molecule has 0 atom stereocenters. The predicted octanol–water partition coefficient (Wildman–Crippen LogP) is 4.01. The highest BCUT2D eigenvalue weighted by molar-refractivity contribution is 6.35. The summed E-state index contributed by atoms with van der Waals surface area (Å²) < 4.78 is 4.90. The third kappa shape index (κ3) is 4.91. The van der Waals surface area contributed by atoms with Crippen molar-refractivity contribution in [1.29, 1.82) is 0 Å². The Kier molecular flexibility index (Phi) is 5.95. The van der Waals surface area contributed by atoms with Crippen molar-refractivity contribution in [3.63, 3.8) is 0 Å². The van der Waals surface area contributed by atoms with Gasteiger partial charge in [0.25, 0.3) is 11.6 Å². The summed E-state index contributed by atoms with van der Waals surface area (Å²) in [5, 5.41) is 13.7. The van der Waals surface area contributed by atoms with Crippen LogP contribution in [0, 0.1) is 17.0 Å². The van der Waals surface area contributed by atoms with Crippen LogP contribution >= 0.6 is 23.2 Å². The lowest BCUT2D eigenvalue weighted by molar-refractivity contribution is -0.384. The monoisotopic (exact) mass is 382 g/mol. The summed E-state index contributed by atoms with van der Waals surface area (Å²) in [6.07, 6.45) is 0. The number of nitro groups is 1. The molecule has 1 amide bonds. The first-order valence-electron chi connectivity index (χ1n) is 6.95. The number of rotatable bonds is 5. The lowest BCUT2D eigenvalue weighted by Crippen LogP contribution is -2.21. The van der Waals surface area contributed by atoms with Crippen molar-refractivity contribution in [1.82, 2.24) is 0 Å². The Morgan fingerprint density at radius 3 is 2.56 bits per heavy atom. The first kappa shape index (κ1) is 18.7. The molecule has 0 radical (unpaired) electrons. The molecule has 130 valence electrons. The summed E-state index contributed by atoms with van der Waals surface area (Å²) >= 11 is 11.7. The Morgan fingerprint density at radius 2 is 1.92 bits per heavy atom. The van der Waals surface area contributed by atoms with Gasteiger partial charge >= 0.3 is 5.97 Å². The van der Waals surface area contributed by atoms with Gasteiger partial charge < -0.3 is 10.1 Å². The number of anilines is 1. The van der Waals surface area contributed by atoms with Crippen LogP contribution in [0.4, 0.5) is 11.4 Å². The molecule has 7 nitrogen and oxygen atoms in total. The number of ether oxygens (including phenoxy) is 1. The van der Waals surface area contributed by atoms with Gasteiger partial charge in [0.15, 0.2) is 6.61 Å². The van der Waals surface area contributed by atoms with Crippen LogP contribution in [0.3, 0.4) is 0 Å². The molecule has 0 saturated heterocycles. The van der Waals surface area contributed by atoms with E-state index in [0.29, 0.717) is 16.3 Å². The van der Waals surface area contributed by atoms with Crippen molar-refractivity contribution in [2.24, 2.45) is 0 Å². The largest absolute Gasteiger partial charge is 0.452 e. The zero-order valence-corrected chi connectivity index (χ0v) is 14.4. The molecule has 25 heavy (non-hydrogen) atoms. The summed E-state index contributed by atoms with van der Waals surface area (Å²) in [5.41, 5.74) is 0.852. The van der Waals surface area contributed by atoms with Gasteiger partial charge in [-0.1, -0.05) is 23.2 Å². The van der Waals surface area contributed by atoms with Gasteiger partial charge in [0.2, 0.25) is 0 Å². The van der Waals surface area contributed by atoms with E-state index in [1.54, 1.807) is 6.92 Å². The molecule has 2 aromatic carbocycles. The lowest BCUT2D eigenvalue weighted by Gasteiger charge is -2.09. The minimum absolute atomic E-state index is 0.0495. The summed E-state index contributed by atoms with van der Waals surface area (Å²) in [6, 6.07) is 8.30. The van der Waals surface area contributed by atoms with Crippen LogP contribution in [-0.4, -0.2) is 23.4 Å². The zero-order chi connectivity index (χ0) is 18.6. The fourth-order valence-electron chi connectivity index (χ4n) is 1.95. The summed E-state index contributed by atoms with van der Waals surface area (Å²) in [7, 11) is 0. The smallest absolute Gasteiger partial charge is 0.340 e. The van der Waals surface area contributed by atoms with Gasteiger partial charge in [-0.3, -0.25) is 14.9 Å². The third-order valence-corrected chi connectivity index (χ3v) is 3.74. The van der Waals surface area contributed by atoms with Gasteiger partial charge in [-0.2, -0.15) is 0 Å². The third-order valence-electron chi connectivity index (χ3n) is 3.18. The van der Waals surface area contributed by atoms with E-state index in [2.05, 4.69) is 5.32 Å². The van der Waals surface area contributed by atoms with Crippen LogP contribution in [-0.2, 0) is 9.53 Å². The van der Waals surface area contributed by atoms with E-state index in [1.807, 2.05) is 0 Å². The van der Waals surface area contributed by atoms with Crippen molar-refractivity contribution in [3.05, 3.63) is 67.7 Å². The molecule has 0 unspecified atom stereocenters. The Labute approximate surface area is 152 Å². The van der Waals surface area contributed by atoms with Gasteiger partial charge in [-0.05, 0) is 36.8 Å². The van der Waals surface area contributed by atoms with Crippen LogP contribution in [0.1, 0.15) is 15.9 Å². The van der Waals surface area contributed by atoms with Crippen LogP contribution < -0.4 is 5.32 Å². The van der Waals surface area contributed by atoms with Crippen LogP contribution in [0.25, 0.3) is 0 Å². The number of nitrogens with zero attached hydrogens (tertiary/aromatic N) is 1. The van der Waals surface area contributed by atoms with Gasteiger partial charge in [0, 0.05) is 22.8 Å². The van der Waals surface area contributed by atoms with E-state index in [4.69, 9.17) is 27.9 Å². The number of hydrogen-bond donors (Lipinski definition) is 1. The second-order valence-electron chi connectivity index (χ2n) is 5.00. The molecule has 0 heterocycles. The summed E-state index contributed by atoms with van der Waals surface area (Å²) in [4.78, 5) is 34.0. The number of non-ortho nitro benzene ring substituents is 1. The van der Waals surface area contributed by atoms with Crippen molar-refractivity contribution in [2.45, 2.75) is 6.92 Å². The van der Waals surface area contributed by atoms with Crippen LogP contribution in [0.5, 0.6) is 0 Å². The molecule has 0 bridgehead atoms. The highest BCUT2D eigenvalue weighted by Gasteiger charge is 2.15. The zero-order valence-electron chi connectivity index (χ0n) is 12.9. The first-order valence-corrected chi connectivity index (χ1v) is 7.70. The highest BCUT2D eigenvalue weighted by Crippen LogP contribution is 2.22. The average molecular weight is 383 g/mol. The second-order valence-corrected chi connectivity index (χ2v) is 5.85.